The number of carbonyl (C=O) groups is 1. The molecular weight excluding hydrogens is 410 g/mol. The fourth-order valence-corrected chi connectivity index (χ4v) is 3.33. The molecule has 0 bridgehead atoms. The van der Waals surface area contributed by atoms with Crippen LogP contribution in [0.1, 0.15) is 22.8 Å². The van der Waals surface area contributed by atoms with Gasteiger partial charge in [0.05, 0.1) is 13.0 Å². The normalized spacial score (nSPS) is 11.2. The highest BCUT2D eigenvalue weighted by atomic mass is 19.1. The molecule has 168 valence electrons. The number of likely N-dealkylation sites (N-methyl/N-ethyl adjacent to an activating group) is 1. The maximum absolute atomic E-state index is 13.3. The lowest BCUT2D eigenvalue weighted by molar-refractivity contribution is -0.120. The van der Waals surface area contributed by atoms with Gasteiger partial charge in [0.25, 0.3) is 0 Å². The van der Waals surface area contributed by atoms with Crippen LogP contribution >= 0.6 is 0 Å². The second-order valence-corrected chi connectivity index (χ2v) is 7.67. The number of ether oxygens (including phenoxy) is 1. The first-order valence-electron chi connectivity index (χ1n) is 10.6. The number of hydrogen-bond donors (Lipinski definition) is 1. The first-order valence-corrected chi connectivity index (χ1v) is 10.6. The van der Waals surface area contributed by atoms with E-state index >= 15 is 0 Å². The third-order valence-corrected chi connectivity index (χ3v) is 5.13. The molecule has 6 heteroatoms. The molecule has 0 fully saturated rings. The van der Waals surface area contributed by atoms with Gasteiger partial charge in [-0.15, -0.1) is 0 Å². The summed E-state index contributed by atoms with van der Waals surface area (Å²) in [7, 11) is 1.96. The summed E-state index contributed by atoms with van der Waals surface area (Å²) in [4.78, 5) is 14.1. The number of nitrogens with one attached hydrogen (secondary N) is 1. The van der Waals surface area contributed by atoms with Gasteiger partial charge in [-0.05, 0) is 48.0 Å². The molecule has 1 amide bonds. The molecular formula is C26H28F2N2O2. The molecule has 4 nitrogen and oxygen atoms in total. The largest absolute Gasteiger partial charge is 0.367 e. The van der Waals surface area contributed by atoms with Gasteiger partial charge < -0.3 is 15.0 Å². The first kappa shape index (κ1) is 23.6. The Bertz CT molecular complexity index is 918. The van der Waals surface area contributed by atoms with Gasteiger partial charge in [0.1, 0.15) is 17.7 Å². The zero-order valence-corrected chi connectivity index (χ0v) is 18.1. The van der Waals surface area contributed by atoms with Gasteiger partial charge in [-0.3, -0.25) is 4.79 Å². The Morgan fingerprint density at radius 3 is 2.00 bits per heavy atom. The lowest BCUT2D eigenvalue weighted by Gasteiger charge is -2.22. The zero-order chi connectivity index (χ0) is 22.8. The molecule has 0 unspecified atom stereocenters. The van der Waals surface area contributed by atoms with Crippen LogP contribution in [0.15, 0.2) is 78.9 Å². The smallest absolute Gasteiger partial charge is 0.224 e. The van der Waals surface area contributed by atoms with Crippen LogP contribution in [0.25, 0.3) is 0 Å². The molecule has 0 radical (unpaired) electrons. The van der Waals surface area contributed by atoms with E-state index in [2.05, 4.69) is 10.2 Å². The van der Waals surface area contributed by atoms with Crippen molar-refractivity contribution in [3.63, 3.8) is 0 Å². The summed E-state index contributed by atoms with van der Waals surface area (Å²) >= 11 is 0. The number of nitrogens with zero attached hydrogens (tertiary/aromatic N) is 1. The average molecular weight is 439 g/mol. The minimum absolute atomic E-state index is 0.00599. The Hall–Kier alpha value is -3.09. The highest BCUT2D eigenvalue weighted by Crippen LogP contribution is 2.26. The van der Waals surface area contributed by atoms with Crippen LogP contribution in [-0.4, -0.2) is 44.1 Å². The quantitative estimate of drug-likeness (QED) is 0.484. The molecule has 0 spiro atoms. The van der Waals surface area contributed by atoms with Crippen LogP contribution < -0.4 is 5.32 Å². The van der Waals surface area contributed by atoms with E-state index in [1.54, 1.807) is 24.3 Å². The Labute approximate surface area is 187 Å². The molecule has 3 aromatic carbocycles. The van der Waals surface area contributed by atoms with E-state index in [4.69, 9.17) is 4.74 Å². The molecule has 0 heterocycles. The Balaban J connectivity index is 1.45. The number of amides is 1. The molecule has 0 aliphatic rings. The van der Waals surface area contributed by atoms with Gasteiger partial charge in [-0.1, -0.05) is 54.6 Å². The lowest BCUT2D eigenvalue weighted by Crippen LogP contribution is -2.35. The second-order valence-electron chi connectivity index (χ2n) is 7.67. The third kappa shape index (κ3) is 7.55. The van der Waals surface area contributed by atoms with Crippen LogP contribution in [0.4, 0.5) is 8.78 Å². The average Bonchev–Trinajstić information content (AvgIpc) is 2.79. The summed E-state index contributed by atoms with van der Waals surface area (Å²) in [5.74, 6) is -0.644. The minimum Gasteiger partial charge on any atom is -0.367 e. The first-order chi connectivity index (χ1) is 15.5. The van der Waals surface area contributed by atoms with E-state index in [0.29, 0.717) is 32.7 Å². The summed E-state index contributed by atoms with van der Waals surface area (Å²) in [6.07, 6.45) is -0.0554. The van der Waals surface area contributed by atoms with Gasteiger partial charge in [-0.2, -0.15) is 0 Å². The lowest BCUT2D eigenvalue weighted by atomic mass is 10.0. The van der Waals surface area contributed by atoms with Crippen molar-refractivity contribution in [2.75, 3.05) is 33.3 Å². The number of benzene rings is 3. The Morgan fingerprint density at radius 1 is 0.875 bits per heavy atom. The van der Waals surface area contributed by atoms with Crippen molar-refractivity contribution in [1.82, 2.24) is 10.2 Å². The molecule has 0 aliphatic heterocycles. The highest BCUT2D eigenvalue weighted by Gasteiger charge is 2.15. The summed E-state index contributed by atoms with van der Waals surface area (Å²) < 4.78 is 32.8. The summed E-state index contributed by atoms with van der Waals surface area (Å²) in [6, 6.07) is 21.9. The van der Waals surface area contributed by atoms with Gasteiger partial charge in [-0.25, -0.2) is 8.78 Å². The van der Waals surface area contributed by atoms with Gasteiger partial charge in [0.2, 0.25) is 5.91 Å². The summed E-state index contributed by atoms with van der Waals surface area (Å²) in [5.41, 5.74) is 2.59. The van der Waals surface area contributed by atoms with Crippen molar-refractivity contribution in [2.24, 2.45) is 0 Å². The molecule has 3 aromatic rings. The number of rotatable bonds is 11. The van der Waals surface area contributed by atoms with E-state index in [0.717, 1.165) is 16.7 Å². The van der Waals surface area contributed by atoms with Crippen LogP contribution in [0.2, 0.25) is 0 Å². The predicted molar refractivity (Wildman–Crippen MR) is 121 cm³/mol. The molecule has 0 atom stereocenters. The summed E-state index contributed by atoms with van der Waals surface area (Å²) in [5, 5.41) is 2.93. The number of carbonyl (C=O) groups excluding carboxylic acids is 1. The van der Waals surface area contributed by atoms with Crippen molar-refractivity contribution in [1.29, 1.82) is 0 Å². The number of hydrogen-bond acceptors (Lipinski definition) is 3. The van der Waals surface area contributed by atoms with Crippen molar-refractivity contribution in [3.05, 3.63) is 107 Å². The van der Waals surface area contributed by atoms with Crippen LogP contribution in [0, 0.1) is 11.6 Å². The minimum atomic E-state index is -0.421. The Kier molecular flexibility index (Phi) is 8.90. The number of halogens is 2. The third-order valence-electron chi connectivity index (χ3n) is 5.13. The standard InChI is InChI=1S/C26H28F2N2O2/c1-30(16-15-29-25(31)19-20-5-3-2-4-6-20)17-18-32-26(21-7-11-23(27)12-8-21)22-9-13-24(28)14-10-22/h2-14,26H,15-19H2,1H3,(H,29,31). The molecule has 0 saturated carbocycles. The fourth-order valence-electron chi connectivity index (χ4n) is 3.33. The predicted octanol–water partition coefficient (Wildman–Crippen LogP) is 4.36. The Morgan fingerprint density at radius 2 is 1.44 bits per heavy atom. The van der Waals surface area contributed by atoms with Crippen LogP contribution in [-0.2, 0) is 16.0 Å². The van der Waals surface area contributed by atoms with Crippen LogP contribution in [0.5, 0.6) is 0 Å². The van der Waals surface area contributed by atoms with E-state index < -0.39 is 6.10 Å². The molecule has 1 N–H and O–H groups in total. The molecule has 32 heavy (non-hydrogen) atoms. The van der Waals surface area contributed by atoms with Crippen molar-refractivity contribution in [2.45, 2.75) is 12.5 Å². The maximum Gasteiger partial charge on any atom is 0.224 e. The van der Waals surface area contributed by atoms with E-state index in [1.807, 2.05) is 37.4 Å². The molecule has 0 saturated heterocycles. The summed E-state index contributed by atoms with van der Waals surface area (Å²) in [6.45, 7) is 2.30. The van der Waals surface area contributed by atoms with Crippen LogP contribution in [0.3, 0.4) is 0 Å². The SMILES string of the molecule is CN(CCNC(=O)Cc1ccccc1)CCOC(c1ccc(F)cc1)c1ccc(F)cc1. The van der Waals surface area contributed by atoms with E-state index in [-0.39, 0.29) is 17.5 Å². The highest BCUT2D eigenvalue weighted by molar-refractivity contribution is 5.78. The second kappa shape index (κ2) is 12.1. The van der Waals surface area contributed by atoms with Crippen molar-refractivity contribution >= 4 is 5.91 Å². The fraction of sp³-hybridized carbons (Fsp3) is 0.269. The maximum atomic E-state index is 13.3. The topological polar surface area (TPSA) is 41.6 Å². The monoisotopic (exact) mass is 438 g/mol. The van der Waals surface area contributed by atoms with E-state index in [9.17, 15) is 13.6 Å². The molecule has 0 aliphatic carbocycles. The molecule has 0 aromatic heterocycles. The molecule has 3 rings (SSSR count). The zero-order valence-electron chi connectivity index (χ0n) is 18.1. The van der Waals surface area contributed by atoms with Gasteiger partial charge in [0, 0.05) is 19.6 Å². The van der Waals surface area contributed by atoms with Gasteiger partial charge in [0.15, 0.2) is 0 Å². The van der Waals surface area contributed by atoms with Crippen molar-refractivity contribution < 1.29 is 18.3 Å². The van der Waals surface area contributed by atoms with E-state index in [1.165, 1.54) is 24.3 Å². The van der Waals surface area contributed by atoms with Gasteiger partial charge >= 0.3 is 0 Å². The van der Waals surface area contributed by atoms with Crippen molar-refractivity contribution in [3.8, 4) is 0 Å².